The Labute approximate surface area is 252 Å². The van der Waals surface area contributed by atoms with Crippen molar-refractivity contribution in [3.8, 4) is 5.75 Å². The molecule has 4 amide bonds. The van der Waals surface area contributed by atoms with Crippen LogP contribution in [0.15, 0.2) is 36.0 Å². The summed E-state index contributed by atoms with van der Waals surface area (Å²) in [5, 5.41) is 27.6. The van der Waals surface area contributed by atoms with Gasteiger partial charge in [0.25, 0.3) is 11.8 Å². The van der Waals surface area contributed by atoms with E-state index in [0.29, 0.717) is 11.1 Å². The molecule has 1 unspecified atom stereocenters. The fraction of sp³-hybridized carbons (Fsp3) is 0.333. The zero-order chi connectivity index (χ0) is 32.2. The smallest absolute Gasteiger partial charge is 0.490 e. The number of rotatable bonds is 7. The first-order valence-corrected chi connectivity index (χ1v) is 13.1. The van der Waals surface area contributed by atoms with E-state index in [0.717, 1.165) is 16.7 Å². The molecule has 21 heteroatoms. The number of imide groups is 1. The number of aliphatic carboxylic acids is 2. The quantitative estimate of drug-likeness (QED) is 0.120. The molecule has 0 aromatic heterocycles. The number of carbonyl (C=O) groups is 6. The molecule has 1 aromatic carbocycles. The SMILES string of the molecule is NC(C(=O)N[C@]1(C(=O)O)C(=O)N2C=C(COC(=O)N(Cl)C(=O)C(Cl)Cl)CS[C@H]21)c1ccc(O)cc1.O=C(O)C(F)(F)F. The van der Waals surface area contributed by atoms with Gasteiger partial charge in [-0.2, -0.15) is 17.6 Å². The summed E-state index contributed by atoms with van der Waals surface area (Å²) in [6.07, 6.45) is -5.04. The zero-order valence-corrected chi connectivity index (χ0v) is 23.5. The van der Waals surface area contributed by atoms with Crippen LogP contribution in [-0.4, -0.2) is 94.7 Å². The van der Waals surface area contributed by atoms with E-state index in [1.807, 2.05) is 0 Å². The predicted molar refractivity (Wildman–Crippen MR) is 138 cm³/mol. The van der Waals surface area contributed by atoms with Gasteiger partial charge in [0, 0.05) is 23.7 Å². The Bertz CT molecular complexity index is 1300. The van der Waals surface area contributed by atoms with E-state index in [1.54, 1.807) is 0 Å². The number of carbonyl (C=O) groups excluding carboxylic acids is 4. The molecule has 1 aromatic rings. The molecule has 42 heavy (non-hydrogen) atoms. The fourth-order valence-electron chi connectivity index (χ4n) is 3.25. The summed E-state index contributed by atoms with van der Waals surface area (Å²) in [7, 11) is 0. The Balaban J connectivity index is 0.000000782. The fourth-order valence-corrected chi connectivity index (χ4v) is 5.05. The number of fused-ring (bicyclic) bond motifs is 1. The van der Waals surface area contributed by atoms with E-state index < -0.39 is 63.7 Å². The number of hydrogen-bond donors (Lipinski definition) is 5. The van der Waals surface area contributed by atoms with Crippen molar-refractivity contribution in [2.45, 2.75) is 28.0 Å². The predicted octanol–water partition coefficient (Wildman–Crippen LogP) is 1.69. The van der Waals surface area contributed by atoms with Gasteiger partial charge in [0.1, 0.15) is 23.8 Å². The molecule has 1 saturated heterocycles. The van der Waals surface area contributed by atoms with Crippen LogP contribution in [0, 0.1) is 0 Å². The van der Waals surface area contributed by atoms with E-state index in [4.69, 9.17) is 55.4 Å². The molecule has 0 spiro atoms. The van der Waals surface area contributed by atoms with Gasteiger partial charge in [0.05, 0.1) is 0 Å². The van der Waals surface area contributed by atoms with Crippen LogP contribution in [0.3, 0.4) is 0 Å². The van der Waals surface area contributed by atoms with Crippen LogP contribution in [0.25, 0.3) is 0 Å². The molecule has 0 radical (unpaired) electrons. The summed E-state index contributed by atoms with van der Waals surface area (Å²) >= 11 is 17.2. The number of hydrogen-bond acceptors (Lipinski definition) is 10. The van der Waals surface area contributed by atoms with E-state index in [9.17, 15) is 47.4 Å². The number of thioether (sulfide) groups is 1. The third-order valence-corrected chi connectivity index (χ3v) is 7.41. The zero-order valence-electron chi connectivity index (χ0n) is 20.4. The number of halogens is 6. The van der Waals surface area contributed by atoms with Gasteiger partial charge in [-0.25, -0.2) is 14.4 Å². The lowest BCUT2D eigenvalue weighted by Gasteiger charge is -2.53. The van der Waals surface area contributed by atoms with Gasteiger partial charge in [-0.1, -0.05) is 35.3 Å². The average Bonchev–Trinajstić information content (AvgIpc) is 2.92. The Morgan fingerprint density at radius 2 is 1.74 bits per heavy atom. The van der Waals surface area contributed by atoms with Crippen molar-refractivity contribution < 1.29 is 62.0 Å². The number of β-lactam (4-membered cyclic amide) rings is 1. The topological polar surface area (TPSA) is 217 Å². The van der Waals surface area contributed by atoms with E-state index in [-0.39, 0.29) is 22.5 Å². The molecule has 0 bridgehead atoms. The standard InChI is InChI=1S/C19H17Cl3N4O8S.C2HF3O2/c20-12(21)14(29)26(22)18(33)34-6-8-5-25-15(30)19(17(31)32,16(25)35-7-8)24-13(28)11(23)9-1-3-10(27)4-2-9;3-2(4,5)1(6)7/h1-5,11-12,16,27H,6-7,23H2,(H,24,28)(H,31,32);(H,6,7)/t11?,16-,19+;/m0./s1. The van der Waals surface area contributed by atoms with Crippen LogP contribution in [0.4, 0.5) is 18.0 Å². The maximum Gasteiger partial charge on any atom is 0.490 e. The Hall–Kier alpha value is -3.45. The normalized spacial score (nSPS) is 20.1. The summed E-state index contributed by atoms with van der Waals surface area (Å²) in [6.45, 7) is -0.369. The average molecular weight is 682 g/mol. The number of nitrogens with one attached hydrogen (secondary N) is 1. The van der Waals surface area contributed by atoms with Crippen molar-refractivity contribution in [2.24, 2.45) is 5.73 Å². The van der Waals surface area contributed by atoms with Gasteiger partial charge >= 0.3 is 24.2 Å². The van der Waals surface area contributed by atoms with Crippen molar-refractivity contribution in [3.63, 3.8) is 0 Å². The third kappa shape index (κ3) is 7.68. The molecule has 2 aliphatic heterocycles. The Kier molecular flexibility index (Phi) is 11.3. The number of phenols is 1. The summed E-state index contributed by atoms with van der Waals surface area (Å²) in [5.41, 5.74) is 4.34. The van der Waals surface area contributed by atoms with Crippen LogP contribution in [0.2, 0.25) is 0 Å². The highest BCUT2D eigenvalue weighted by atomic mass is 35.5. The monoisotopic (exact) mass is 680 g/mol. The van der Waals surface area contributed by atoms with Crippen LogP contribution in [0.1, 0.15) is 11.6 Å². The second kappa shape index (κ2) is 13.7. The molecule has 1 fully saturated rings. The number of carboxylic acids is 2. The first-order valence-electron chi connectivity index (χ1n) is 10.8. The van der Waals surface area contributed by atoms with Crippen LogP contribution < -0.4 is 11.1 Å². The van der Waals surface area contributed by atoms with E-state index in [1.165, 1.54) is 30.5 Å². The van der Waals surface area contributed by atoms with E-state index in [2.05, 4.69) is 5.32 Å². The number of ether oxygens (including phenoxy) is 1. The van der Waals surface area contributed by atoms with E-state index >= 15 is 0 Å². The summed E-state index contributed by atoms with van der Waals surface area (Å²) < 4.78 is 36.7. The first-order chi connectivity index (χ1) is 19.3. The highest BCUT2D eigenvalue weighted by molar-refractivity contribution is 8.00. The number of alkyl halides is 5. The molecule has 14 nitrogen and oxygen atoms in total. The number of benzene rings is 1. The molecule has 0 aliphatic carbocycles. The lowest BCUT2D eigenvalue weighted by atomic mass is 9.87. The maximum absolute atomic E-state index is 12.8. The first kappa shape index (κ1) is 34.7. The number of nitrogens with two attached hydrogens (primary N) is 1. The molecule has 6 N–H and O–H groups in total. The lowest BCUT2D eigenvalue weighted by Crippen LogP contribution is -2.82. The largest absolute Gasteiger partial charge is 0.508 e. The highest BCUT2D eigenvalue weighted by Crippen LogP contribution is 2.43. The van der Waals surface area contributed by atoms with Crippen molar-refractivity contribution >= 4 is 82.5 Å². The number of carboxylic acid groups (broad SMARTS) is 2. The molecule has 230 valence electrons. The van der Waals surface area contributed by atoms with Gasteiger partial charge in [-0.3, -0.25) is 14.4 Å². The lowest BCUT2D eigenvalue weighted by molar-refractivity contribution is -0.192. The van der Waals surface area contributed by atoms with Crippen molar-refractivity contribution in [2.75, 3.05) is 12.4 Å². The third-order valence-electron chi connectivity index (χ3n) is 5.30. The van der Waals surface area contributed by atoms with Gasteiger partial charge in [0.15, 0.2) is 4.84 Å². The van der Waals surface area contributed by atoms with Gasteiger partial charge in [0.2, 0.25) is 11.4 Å². The minimum Gasteiger partial charge on any atom is -0.508 e. The summed E-state index contributed by atoms with van der Waals surface area (Å²) in [4.78, 5) is 69.4. The molecule has 2 aliphatic rings. The van der Waals surface area contributed by atoms with Gasteiger partial charge in [-0.15, -0.1) is 11.8 Å². The second-order valence-corrected chi connectivity index (χ2v) is 10.6. The van der Waals surface area contributed by atoms with Crippen molar-refractivity contribution in [1.29, 1.82) is 0 Å². The summed E-state index contributed by atoms with van der Waals surface area (Å²) in [5.74, 6) is -7.20. The van der Waals surface area contributed by atoms with Crippen LogP contribution >= 0.6 is 46.7 Å². The second-order valence-electron chi connectivity index (χ2n) is 8.11. The molecule has 3 atom stereocenters. The molecule has 2 heterocycles. The van der Waals surface area contributed by atoms with Crippen LogP contribution in [0.5, 0.6) is 5.75 Å². The maximum atomic E-state index is 12.8. The minimum absolute atomic E-state index is 0.0484. The molecular weight excluding hydrogens is 664 g/mol. The molecule has 0 saturated carbocycles. The minimum atomic E-state index is -5.08. The molecular formula is C21H18Cl3F3N4O10S. The highest BCUT2D eigenvalue weighted by Gasteiger charge is 2.68. The number of nitrogens with zero attached hydrogens (tertiary/aromatic N) is 2. The van der Waals surface area contributed by atoms with Crippen molar-refractivity contribution in [3.05, 3.63) is 41.6 Å². The summed E-state index contributed by atoms with van der Waals surface area (Å²) in [6, 6.07) is 4.11. The van der Waals surface area contributed by atoms with Crippen molar-refractivity contribution in [1.82, 2.24) is 14.6 Å². The number of phenolic OH excluding ortho intramolecular Hbond substituents is 1. The molecule has 3 rings (SSSR count). The Morgan fingerprint density at radius 1 is 1.19 bits per heavy atom. The van der Waals surface area contributed by atoms with Gasteiger partial charge in [-0.05, 0) is 23.3 Å². The number of aromatic hydroxyl groups is 1. The Morgan fingerprint density at radius 3 is 2.21 bits per heavy atom. The van der Waals surface area contributed by atoms with Gasteiger partial charge < -0.3 is 36.0 Å². The number of amides is 4. The van der Waals surface area contributed by atoms with Crippen LogP contribution in [-0.2, 0) is 28.7 Å².